The first-order valence-corrected chi connectivity index (χ1v) is 12.3. The molecule has 32 heavy (non-hydrogen) atoms. The first kappa shape index (κ1) is 23.9. The molecule has 0 atom stereocenters. The molecule has 1 heterocycles. The molecule has 0 unspecified atom stereocenters. The van der Waals surface area contributed by atoms with Crippen molar-refractivity contribution in [3.8, 4) is 0 Å². The summed E-state index contributed by atoms with van der Waals surface area (Å²) in [5, 5.41) is 2.92. The van der Waals surface area contributed by atoms with Gasteiger partial charge in [-0.25, -0.2) is 13.1 Å². The lowest BCUT2D eigenvalue weighted by Gasteiger charge is -2.40. The molecule has 1 aliphatic rings. The number of likely N-dealkylation sites (tertiary alicyclic amines) is 1. The Balaban J connectivity index is 1.66. The molecule has 2 amide bonds. The smallest absolute Gasteiger partial charge is 0.240 e. The van der Waals surface area contributed by atoms with Crippen LogP contribution in [0.3, 0.4) is 0 Å². The lowest BCUT2D eigenvalue weighted by Crippen LogP contribution is -2.53. The van der Waals surface area contributed by atoms with Crippen molar-refractivity contribution in [2.75, 3.05) is 26.2 Å². The Labute approximate surface area is 190 Å². The Bertz CT molecular complexity index is 1080. The predicted octanol–water partition coefficient (Wildman–Crippen LogP) is 2.28. The van der Waals surface area contributed by atoms with Crippen molar-refractivity contribution in [1.29, 1.82) is 0 Å². The number of nitrogens with one attached hydrogen (secondary N) is 2. The van der Waals surface area contributed by atoms with Gasteiger partial charge >= 0.3 is 0 Å². The van der Waals surface area contributed by atoms with Gasteiger partial charge in [0.25, 0.3) is 0 Å². The van der Waals surface area contributed by atoms with Crippen LogP contribution in [0.5, 0.6) is 0 Å². The minimum absolute atomic E-state index is 0.00733. The Hall–Kier alpha value is -2.71. The predicted molar refractivity (Wildman–Crippen MR) is 124 cm³/mol. The molecule has 1 fully saturated rings. The molecule has 2 aromatic rings. The number of aryl methyl sites for hydroxylation is 2. The molecule has 0 bridgehead atoms. The second-order valence-corrected chi connectivity index (χ2v) is 10.1. The maximum atomic E-state index is 13.3. The quantitative estimate of drug-likeness (QED) is 0.624. The molecule has 2 aromatic carbocycles. The highest BCUT2D eigenvalue weighted by Gasteiger charge is 2.43. The van der Waals surface area contributed by atoms with Crippen LogP contribution in [0.2, 0.25) is 0 Å². The Morgan fingerprint density at radius 2 is 1.66 bits per heavy atom. The first-order valence-electron chi connectivity index (χ1n) is 10.8. The van der Waals surface area contributed by atoms with Crippen LogP contribution in [0.4, 0.5) is 0 Å². The first-order chi connectivity index (χ1) is 15.2. The van der Waals surface area contributed by atoms with Crippen molar-refractivity contribution in [1.82, 2.24) is 14.9 Å². The van der Waals surface area contributed by atoms with Gasteiger partial charge in [0.15, 0.2) is 0 Å². The van der Waals surface area contributed by atoms with Crippen LogP contribution < -0.4 is 10.0 Å². The fourth-order valence-corrected chi connectivity index (χ4v) is 5.57. The number of carbonyl (C=O) groups is 2. The van der Waals surface area contributed by atoms with Crippen molar-refractivity contribution < 1.29 is 18.0 Å². The van der Waals surface area contributed by atoms with Crippen molar-refractivity contribution in [3.63, 3.8) is 0 Å². The maximum Gasteiger partial charge on any atom is 0.240 e. The highest BCUT2D eigenvalue weighted by molar-refractivity contribution is 7.89. The number of rotatable bonds is 7. The van der Waals surface area contributed by atoms with E-state index in [1.54, 1.807) is 24.0 Å². The van der Waals surface area contributed by atoms with Crippen molar-refractivity contribution in [2.24, 2.45) is 0 Å². The molecular weight excluding hydrogens is 426 g/mol. The topological polar surface area (TPSA) is 95.6 Å². The third kappa shape index (κ3) is 5.19. The van der Waals surface area contributed by atoms with Gasteiger partial charge in [-0.2, -0.15) is 0 Å². The maximum absolute atomic E-state index is 13.3. The molecule has 0 saturated carbocycles. The van der Waals surface area contributed by atoms with Gasteiger partial charge < -0.3 is 10.2 Å². The summed E-state index contributed by atoms with van der Waals surface area (Å²) in [7, 11) is -3.67. The summed E-state index contributed by atoms with van der Waals surface area (Å²) < 4.78 is 27.9. The summed E-state index contributed by atoms with van der Waals surface area (Å²) in [5.74, 6) is -0.134. The average molecular weight is 458 g/mol. The summed E-state index contributed by atoms with van der Waals surface area (Å²) in [6.07, 6.45) is 1.05. The monoisotopic (exact) mass is 457 g/mol. The molecular formula is C24H31N3O4S. The second kappa shape index (κ2) is 9.83. The third-order valence-electron chi connectivity index (χ3n) is 6.16. The molecule has 7 nitrogen and oxygen atoms in total. The van der Waals surface area contributed by atoms with E-state index >= 15 is 0 Å². The van der Waals surface area contributed by atoms with E-state index in [4.69, 9.17) is 0 Å². The van der Waals surface area contributed by atoms with E-state index in [9.17, 15) is 18.0 Å². The van der Waals surface area contributed by atoms with Gasteiger partial charge in [0.05, 0.1) is 10.3 Å². The molecule has 8 heteroatoms. The highest BCUT2D eigenvalue weighted by atomic mass is 32.2. The number of benzene rings is 2. The zero-order valence-corrected chi connectivity index (χ0v) is 19.7. The van der Waals surface area contributed by atoms with Crippen LogP contribution in [0.1, 0.15) is 36.5 Å². The largest absolute Gasteiger partial charge is 0.354 e. The minimum atomic E-state index is -3.67. The van der Waals surface area contributed by atoms with Crippen molar-refractivity contribution in [2.45, 2.75) is 43.9 Å². The number of amides is 2. The van der Waals surface area contributed by atoms with Crippen LogP contribution >= 0.6 is 0 Å². The summed E-state index contributed by atoms with van der Waals surface area (Å²) in [5.41, 5.74) is 1.72. The van der Waals surface area contributed by atoms with E-state index < -0.39 is 15.4 Å². The van der Waals surface area contributed by atoms with E-state index in [1.807, 2.05) is 43.3 Å². The average Bonchev–Trinajstić information content (AvgIpc) is 2.78. The molecule has 2 N–H and O–H groups in total. The van der Waals surface area contributed by atoms with Gasteiger partial charge in [0, 0.05) is 33.1 Å². The number of hydrogen-bond donors (Lipinski definition) is 2. The van der Waals surface area contributed by atoms with Gasteiger partial charge in [0.2, 0.25) is 21.8 Å². The summed E-state index contributed by atoms with van der Waals surface area (Å²) in [6.45, 7) is 6.43. The van der Waals surface area contributed by atoms with E-state index in [1.165, 1.54) is 6.92 Å². The zero-order chi connectivity index (χ0) is 23.4. The Morgan fingerprint density at radius 1 is 1.00 bits per heavy atom. The summed E-state index contributed by atoms with van der Waals surface area (Å²) >= 11 is 0. The molecule has 172 valence electrons. The van der Waals surface area contributed by atoms with E-state index in [0.717, 1.165) is 11.1 Å². The molecule has 1 saturated heterocycles. The standard InChI is InChI=1S/C24H31N3O4S/c1-18-9-10-19(2)22(17-18)32(30,31)26-14-13-25-23(29)24(21-7-5-4-6-8-21)11-15-27(16-12-24)20(3)28/h4-10,17,26H,11-16H2,1-3H3,(H,25,29). The molecule has 0 aromatic heterocycles. The SMILES string of the molecule is CC(=O)N1CCC(C(=O)NCCNS(=O)(=O)c2cc(C)ccc2C)(c2ccccc2)CC1. The van der Waals surface area contributed by atoms with Gasteiger partial charge in [-0.15, -0.1) is 0 Å². The van der Waals surface area contributed by atoms with Crippen LogP contribution in [-0.4, -0.2) is 51.3 Å². The number of carbonyl (C=O) groups excluding carboxylic acids is 2. The van der Waals surface area contributed by atoms with Gasteiger partial charge in [-0.3, -0.25) is 9.59 Å². The van der Waals surface area contributed by atoms with Crippen molar-refractivity contribution in [3.05, 3.63) is 65.2 Å². The molecule has 0 aliphatic carbocycles. The molecule has 0 radical (unpaired) electrons. The van der Waals surface area contributed by atoms with Gasteiger partial charge in [-0.05, 0) is 49.4 Å². The molecule has 0 spiro atoms. The molecule has 1 aliphatic heterocycles. The zero-order valence-electron chi connectivity index (χ0n) is 18.8. The lowest BCUT2D eigenvalue weighted by atomic mass is 9.72. The number of nitrogens with zero attached hydrogens (tertiary/aromatic N) is 1. The molecule has 3 rings (SSSR count). The van der Waals surface area contributed by atoms with E-state index in [0.29, 0.717) is 31.5 Å². The van der Waals surface area contributed by atoms with E-state index in [2.05, 4.69) is 10.0 Å². The Morgan fingerprint density at radius 3 is 2.28 bits per heavy atom. The fraction of sp³-hybridized carbons (Fsp3) is 0.417. The van der Waals surface area contributed by atoms with Gasteiger partial charge in [-0.1, -0.05) is 42.5 Å². The van der Waals surface area contributed by atoms with Crippen LogP contribution in [0, 0.1) is 13.8 Å². The number of hydrogen-bond acceptors (Lipinski definition) is 4. The lowest BCUT2D eigenvalue weighted by molar-refractivity contribution is -0.135. The second-order valence-electron chi connectivity index (χ2n) is 8.38. The van der Waals surface area contributed by atoms with Crippen molar-refractivity contribution >= 4 is 21.8 Å². The van der Waals surface area contributed by atoms with E-state index in [-0.39, 0.29) is 29.8 Å². The Kier molecular flexibility index (Phi) is 7.36. The van der Waals surface area contributed by atoms with Gasteiger partial charge in [0.1, 0.15) is 0 Å². The fourth-order valence-electron chi connectivity index (χ4n) is 4.21. The summed E-state index contributed by atoms with van der Waals surface area (Å²) in [6, 6.07) is 14.9. The summed E-state index contributed by atoms with van der Waals surface area (Å²) in [4.78, 5) is 27.0. The minimum Gasteiger partial charge on any atom is -0.354 e. The van der Waals surface area contributed by atoms with Crippen LogP contribution in [0.25, 0.3) is 0 Å². The number of piperidine rings is 1. The third-order valence-corrected chi connectivity index (χ3v) is 7.76. The number of sulfonamides is 1. The van der Waals surface area contributed by atoms with Crippen LogP contribution in [0.15, 0.2) is 53.4 Å². The highest BCUT2D eigenvalue weighted by Crippen LogP contribution is 2.36. The van der Waals surface area contributed by atoms with Crippen LogP contribution in [-0.2, 0) is 25.0 Å². The normalized spacial score (nSPS) is 15.9.